The first-order valence-corrected chi connectivity index (χ1v) is 13.7. The Morgan fingerprint density at radius 3 is 1.76 bits per heavy atom. The Morgan fingerprint density at radius 1 is 0.585 bits per heavy atom. The van der Waals surface area contributed by atoms with E-state index in [1.54, 1.807) is 6.07 Å². The highest BCUT2D eigenvalue weighted by Crippen LogP contribution is 2.37. The van der Waals surface area contributed by atoms with Crippen LogP contribution in [0.15, 0.2) is 142 Å². The third kappa shape index (κ3) is 6.25. The van der Waals surface area contributed by atoms with Crippen molar-refractivity contribution in [3.63, 3.8) is 0 Å². The van der Waals surface area contributed by atoms with Crippen molar-refractivity contribution in [2.24, 2.45) is 0 Å². The number of para-hydroxylation sites is 1. The quantitative estimate of drug-likeness (QED) is 0.178. The molecule has 204 valence electrons. The predicted octanol–water partition coefficient (Wildman–Crippen LogP) is 8.19. The highest BCUT2D eigenvalue weighted by atomic mass is 16.5. The van der Waals surface area contributed by atoms with E-state index in [0.29, 0.717) is 48.5 Å². The molecule has 5 aromatic rings. The number of ether oxygens (including phenoxy) is 3. The lowest BCUT2D eigenvalue weighted by Crippen LogP contribution is -2.13. The number of benzene rings is 4. The van der Waals surface area contributed by atoms with Crippen LogP contribution in [-0.2, 0) is 29.3 Å². The van der Waals surface area contributed by atoms with Crippen LogP contribution in [0, 0.1) is 0 Å². The van der Waals surface area contributed by atoms with Crippen LogP contribution in [0.4, 0.5) is 0 Å². The van der Waals surface area contributed by atoms with Gasteiger partial charge in [0.2, 0.25) is 11.2 Å². The highest BCUT2D eigenvalue weighted by Gasteiger charge is 2.25. The molecule has 5 nitrogen and oxygen atoms in total. The highest BCUT2D eigenvalue weighted by molar-refractivity contribution is 5.81. The molecule has 1 aromatic heterocycles. The van der Waals surface area contributed by atoms with Gasteiger partial charge in [-0.3, -0.25) is 4.79 Å². The van der Waals surface area contributed by atoms with E-state index in [0.717, 1.165) is 28.0 Å². The summed E-state index contributed by atoms with van der Waals surface area (Å²) in [5, 5.41) is 0.485. The molecule has 0 spiro atoms. The molecule has 41 heavy (non-hydrogen) atoms. The van der Waals surface area contributed by atoms with Gasteiger partial charge in [0.1, 0.15) is 31.2 Å². The molecule has 0 N–H and O–H groups in total. The summed E-state index contributed by atoms with van der Waals surface area (Å²) in [5.74, 6) is 2.02. The minimum Gasteiger partial charge on any atom is -0.489 e. The molecule has 5 heteroatoms. The smallest absolute Gasteiger partial charge is 0.235 e. The van der Waals surface area contributed by atoms with Gasteiger partial charge in [-0.2, -0.15) is 0 Å². The number of allylic oxidation sites excluding steroid dienone is 3. The molecule has 0 saturated carbocycles. The van der Waals surface area contributed by atoms with Crippen molar-refractivity contribution < 1.29 is 18.6 Å². The van der Waals surface area contributed by atoms with E-state index in [4.69, 9.17) is 18.6 Å². The Kier molecular flexibility index (Phi) is 7.95. The van der Waals surface area contributed by atoms with Gasteiger partial charge in [-0.15, -0.1) is 0 Å². The van der Waals surface area contributed by atoms with E-state index in [1.807, 2.05) is 115 Å². The molecule has 1 aliphatic rings. The zero-order valence-corrected chi connectivity index (χ0v) is 22.6. The summed E-state index contributed by atoms with van der Waals surface area (Å²) < 4.78 is 25.1. The van der Waals surface area contributed by atoms with Crippen LogP contribution in [0.25, 0.3) is 16.5 Å². The minimum absolute atomic E-state index is 0.194. The maximum atomic E-state index is 13.6. The number of rotatable bonds is 10. The summed E-state index contributed by atoms with van der Waals surface area (Å²) in [6, 6.07) is 37.1. The van der Waals surface area contributed by atoms with Crippen LogP contribution in [0.5, 0.6) is 5.75 Å². The van der Waals surface area contributed by atoms with Crippen LogP contribution in [-0.4, -0.2) is 0 Å². The topological polar surface area (TPSA) is 57.9 Å². The van der Waals surface area contributed by atoms with Gasteiger partial charge in [-0.25, -0.2) is 0 Å². The fourth-order valence-electron chi connectivity index (χ4n) is 4.80. The number of hydrogen-bond donors (Lipinski definition) is 0. The van der Waals surface area contributed by atoms with E-state index in [-0.39, 0.29) is 17.8 Å². The van der Waals surface area contributed by atoms with Crippen molar-refractivity contribution in [3.05, 3.63) is 166 Å². The van der Waals surface area contributed by atoms with Crippen molar-refractivity contribution in [2.45, 2.75) is 32.7 Å². The summed E-state index contributed by atoms with van der Waals surface area (Å²) in [4.78, 5) is 13.6. The van der Waals surface area contributed by atoms with E-state index in [2.05, 4.69) is 0 Å². The minimum atomic E-state index is -0.194. The fraction of sp³-hybridized carbons (Fsp3) is 0.139. The van der Waals surface area contributed by atoms with Crippen molar-refractivity contribution in [3.8, 4) is 5.75 Å². The van der Waals surface area contributed by atoms with Crippen LogP contribution in [0.3, 0.4) is 0 Å². The van der Waals surface area contributed by atoms with E-state index in [1.165, 1.54) is 0 Å². The third-order valence-electron chi connectivity index (χ3n) is 6.97. The molecule has 0 amide bonds. The summed E-state index contributed by atoms with van der Waals surface area (Å²) in [5.41, 5.74) is 4.24. The van der Waals surface area contributed by atoms with E-state index in [9.17, 15) is 4.79 Å². The Labute approximate surface area is 238 Å². The summed E-state index contributed by atoms with van der Waals surface area (Å²) in [6.07, 6.45) is 3.12. The van der Waals surface area contributed by atoms with Crippen molar-refractivity contribution in [2.75, 3.05) is 0 Å². The first-order valence-electron chi connectivity index (χ1n) is 13.7. The molecule has 6 rings (SSSR count). The first kappa shape index (κ1) is 26.2. The molecular weight excluding hydrogens is 512 g/mol. The molecular formula is C36H30O5. The van der Waals surface area contributed by atoms with Crippen LogP contribution in [0.1, 0.15) is 35.3 Å². The maximum absolute atomic E-state index is 13.6. The number of fused-ring (bicyclic) bond motifs is 1. The van der Waals surface area contributed by atoms with Crippen molar-refractivity contribution in [1.29, 1.82) is 0 Å². The first-order chi connectivity index (χ1) is 20.2. The molecule has 0 aliphatic heterocycles. The Hall–Kier alpha value is -5.03. The Balaban J connectivity index is 1.37. The normalized spacial score (nSPS) is 13.1. The second kappa shape index (κ2) is 12.4. The molecule has 0 bridgehead atoms. The molecule has 1 aliphatic carbocycles. The van der Waals surface area contributed by atoms with E-state index >= 15 is 0 Å². The average Bonchev–Trinajstić information content (AvgIpc) is 3.04. The van der Waals surface area contributed by atoms with Crippen LogP contribution < -0.4 is 10.2 Å². The Morgan fingerprint density at radius 2 is 1.12 bits per heavy atom. The van der Waals surface area contributed by atoms with Crippen LogP contribution in [0.2, 0.25) is 0 Å². The second-order valence-corrected chi connectivity index (χ2v) is 9.87. The van der Waals surface area contributed by atoms with Gasteiger partial charge in [0, 0.05) is 12.0 Å². The van der Waals surface area contributed by atoms with Gasteiger partial charge in [0.15, 0.2) is 11.5 Å². The van der Waals surface area contributed by atoms with Crippen molar-refractivity contribution >= 4 is 16.5 Å². The Bertz CT molecular complexity index is 1740. The molecule has 4 aromatic carbocycles. The third-order valence-corrected chi connectivity index (χ3v) is 6.97. The molecule has 0 radical (unpaired) electrons. The van der Waals surface area contributed by atoms with Gasteiger partial charge >= 0.3 is 0 Å². The maximum Gasteiger partial charge on any atom is 0.235 e. The van der Waals surface area contributed by atoms with Gasteiger partial charge in [0.05, 0.1) is 5.39 Å². The molecule has 0 fully saturated rings. The summed E-state index contributed by atoms with van der Waals surface area (Å²) >= 11 is 0. The van der Waals surface area contributed by atoms with Gasteiger partial charge < -0.3 is 18.6 Å². The second-order valence-electron chi connectivity index (χ2n) is 9.87. The molecule has 1 heterocycles. The predicted molar refractivity (Wildman–Crippen MR) is 160 cm³/mol. The lowest BCUT2D eigenvalue weighted by molar-refractivity contribution is 0.138. The molecule has 0 unspecified atom stereocenters. The monoisotopic (exact) mass is 542 g/mol. The van der Waals surface area contributed by atoms with Crippen LogP contribution >= 0.6 is 0 Å². The lowest BCUT2D eigenvalue weighted by atomic mass is 9.98. The SMILES string of the molecule is O=c1c(OCc2ccccc2)c(C2=CC(OCc3ccccc3)=C(OCc3ccccc3)CC2)oc2ccccc12. The molecule has 0 atom stereocenters. The van der Waals surface area contributed by atoms with Gasteiger partial charge in [-0.05, 0) is 41.3 Å². The fourth-order valence-corrected chi connectivity index (χ4v) is 4.80. The largest absolute Gasteiger partial charge is 0.489 e. The summed E-state index contributed by atoms with van der Waals surface area (Å²) in [7, 11) is 0. The summed E-state index contributed by atoms with van der Waals surface area (Å²) in [6.45, 7) is 1.08. The zero-order chi connectivity index (χ0) is 27.9. The average molecular weight is 543 g/mol. The van der Waals surface area contributed by atoms with Gasteiger partial charge in [0.25, 0.3) is 0 Å². The van der Waals surface area contributed by atoms with Crippen molar-refractivity contribution in [1.82, 2.24) is 0 Å². The number of hydrogen-bond acceptors (Lipinski definition) is 5. The standard InChI is InChI=1S/C36H30O5/c37-34-30-18-10-11-19-31(30)41-35(36(34)40-25-28-16-8-3-9-17-28)29-20-21-32(38-23-26-12-4-1-5-13-26)33(22-29)39-24-27-14-6-2-7-15-27/h1-19,22H,20-21,23-25H2. The molecule has 0 saturated heterocycles. The van der Waals surface area contributed by atoms with Gasteiger partial charge in [-0.1, -0.05) is 103 Å². The zero-order valence-electron chi connectivity index (χ0n) is 22.6. The van der Waals surface area contributed by atoms with E-state index < -0.39 is 0 Å². The lowest BCUT2D eigenvalue weighted by Gasteiger charge is -2.22.